The lowest BCUT2D eigenvalue weighted by molar-refractivity contribution is 0.0623. The van der Waals surface area contributed by atoms with Crippen LogP contribution in [-0.2, 0) is 6.61 Å². The van der Waals surface area contributed by atoms with Gasteiger partial charge in [0.15, 0.2) is 5.82 Å². The molecule has 0 unspecified atom stereocenters. The predicted molar refractivity (Wildman–Crippen MR) is 67.8 cm³/mol. The van der Waals surface area contributed by atoms with Gasteiger partial charge < -0.3 is 14.6 Å². The van der Waals surface area contributed by atoms with E-state index in [1.165, 1.54) is 31.5 Å². The van der Waals surface area contributed by atoms with Crippen molar-refractivity contribution in [3.63, 3.8) is 0 Å². The third kappa shape index (κ3) is 3.28. The monoisotopic (exact) mass is 298 g/mol. The number of aromatic carboxylic acids is 1. The molecule has 2 aromatic rings. The SMILES string of the molecule is COc1ccc(C(=O)O)c(OCc2nccn2C(F)F)c1. The van der Waals surface area contributed by atoms with Gasteiger partial charge in [0.05, 0.1) is 7.11 Å². The number of hydrogen-bond acceptors (Lipinski definition) is 4. The number of rotatable bonds is 6. The van der Waals surface area contributed by atoms with E-state index in [2.05, 4.69) is 4.98 Å². The molecule has 1 aromatic carbocycles. The second kappa shape index (κ2) is 6.21. The van der Waals surface area contributed by atoms with Crippen LogP contribution in [0.5, 0.6) is 11.5 Å². The van der Waals surface area contributed by atoms with Crippen LogP contribution in [0.3, 0.4) is 0 Å². The summed E-state index contributed by atoms with van der Waals surface area (Å²) in [7, 11) is 1.42. The first-order chi connectivity index (χ1) is 10.0. The Hall–Kier alpha value is -2.64. The highest BCUT2D eigenvalue weighted by molar-refractivity contribution is 5.91. The molecule has 1 aromatic heterocycles. The summed E-state index contributed by atoms with van der Waals surface area (Å²) in [6.45, 7) is -3.03. The molecule has 0 aliphatic carbocycles. The van der Waals surface area contributed by atoms with Crippen molar-refractivity contribution in [3.05, 3.63) is 42.0 Å². The number of carboxylic acids is 1. The van der Waals surface area contributed by atoms with E-state index in [-0.39, 0.29) is 23.7 Å². The molecule has 0 atom stereocenters. The van der Waals surface area contributed by atoms with E-state index in [9.17, 15) is 13.6 Å². The number of nitrogens with zero attached hydrogens (tertiary/aromatic N) is 2. The smallest absolute Gasteiger partial charge is 0.339 e. The summed E-state index contributed by atoms with van der Waals surface area (Å²) in [4.78, 5) is 14.8. The number of hydrogen-bond donors (Lipinski definition) is 1. The molecule has 112 valence electrons. The zero-order valence-corrected chi connectivity index (χ0v) is 11.0. The molecule has 0 aliphatic heterocycles. The summed E-state index contributed by atoms with van der Waals surface area (Å²) < 4.78 is 36.2. The quantitative estimate of drug-likeness (QED) is 0.887. The van der Waals surface area contributed by atoms with Crippen LogP contribution in [0.4, 0.5) is 8.78 Å². The van der Waals surface area contributed by atoms with Gasteiger partial charge in [0.2, 0.25) is 0 Å². The number of imidazole rings is 1. The Morgan fingerprint density at radius 2 is 2.24 bits per heavy atom. The molecule has 6 nitrogen and oxygen atoms in total. The van der Waals surface area contributed by atoms with E-state index >= 15 is 0 Å². The van der Waals surface area contributed by atoms with Crippen molar-refractivity contribution >= 4 is 5.97 Å². The minimum Gasteiger partial charge on any atom is -0.497 e. The minimum absolute atomic E-state index is 0.0100. The molecule has 8 heteroatoms. The van der Waals surface area contributed by atoms with Crippen molar-refractivity contribution in [2.75, 3.05) is 7.11 Å². The van der Waals surface area contributed by atoms with Gasteiger partial charge in [-0.25, -0.2) is 9.78 Å². The highest BCUT2D eigenvalue weighted by atomic mass is 19.3. The van der Waals surface area contributed by atoms with Crippen LogP contribution in [-0.4, -0.2) is 27.7 Å². The highest BCUT2D eigenvalue weighted by Crippen LogP contribution is 2.26. The molecular weight excluding hydrogens is 286 g/mol. The molecular formula is C13H12F2N2O4. The van der Waals surface area contributed by atoms with E-state index in [0.29, 0.717) is 10.3 Å². The maximum Gasteiger partial charge on any atom is 0.339 e. The number of aromatic nitrogens is 2. The zero-order valence-electron chi connectivity index (χ0n) is 11.0. The van der Waals surface area contributed by atoms with Crippen molar-refractivity contribution in [2.45, 2.75) is 13.2 Å². The number of methoxy groups -OCH3 is 1. The number of benzene rings is 1. The Kier molecular flexibility index (Phi) is 4.36. The van der Waals surface area contributed by atoms with E-state index in [1.807, 2.05) is 0 Å². The van der Waals surface area contributed by atoms with E-state index in [1.54, 1.807) is 0 Å². The fourth-order valence-corrected chi connectivity index (χ4v) is 1.70. The van der Waals surface area contributed by atoms with Crippen molar-refractivity contribution in [1.82, 2.24) is 9.55 Å². The summed E-state index contributed by atoms with van der Waals surface area (Å²) in [6, 6.07) is 4.16. The number of carbonyl (C=O) groups is 1. The molecule has 2 rings (SSSR count). The molecule has 0 fully saturated rings. The van der Waals surface area contributed by atoms with Crippen molar-refractivity contribution < 1.29 is 28.2 Å². The van der Waals surface area contributed by atoms with Crippen LogP contribution >= 0.6 is 0 Å². The molecule has 0 amide bonds. The first-order valence-electron chi connectivity index (χ1n) is 5.87. The second-order valence-corrected chi connectivity index (χ2v) is 3.98. The van der Waals surface area contributed by atoms with Crippen LogP contribution in [0, 0.1) is 0 Å². The molecule has 21 heavy (non-hydrogen) atoms. The van der Waals surface area contributed by atoms with Gasteiger partial charge in [-0.15, -0.1) is 0 Å². The Morgan fingerprint density at radius 1 is 1.48 bits per heavy atom. The molecule has 0 bridgehead atoms. The summed E-state index contributed by atoms with van der Waals surface area (Å²) in [5.74, 6) is -0.785. The Morgan fingerprint density at radius 3 is 2.86 bits per heavy atom. The molecule has 0 saturated carbocycles. The van der Waals surface area contributed by atoms with Crippen LogP contribution < -0.4 is 9.47 Å². The van der Waals surface area contributed by atoms with E-state index in [4.69, 9.17) is 14.6 Å². The van der Waals surface area contributed by atoms with Crippen molar-refractivity contribution in [3.8, 4) is 11.5 Å². The van der Waals surface area contributed by atoms with Gasteiger partial charge in [-0.1, -0.05) is 0 Å². The lowest BCUT2D eigenvalue weighted by atomic mass is 10.2. The standard InChI is InChI=1S/C13H12F2N2O4/c1-20-8-2-3-9(12(18)19)10(6-8)21-7-11-16-4-5-17(11)13(14)15/h2-6,13H,7H2,1H3,(H,18,19). The third-order valence-electron chi connectivity index (χ3n) is 2.74. The fraction of sp³-hybridized carbons (Fsp3) is 0.231. The van der Waals surface area contributed by atoms with Crippen LogP contribution in [0.1, 0.15) is 22.7 Å². The van der Waals surface area contributed by atoms with Gasteiger partial charge in [-0.05, 0) is 12.1 Å². The van der Waals surface area contributed by atoms with E-state index in [0.717, 1.165) is 6.20 Å². The number of ether oxygens (including phenoxy) is 2. The summed E-state index contributed by atoms with van der Waals surface area (Å²) in [5.41, 5.74) is -0.0917. The lowest BCUT2D eigenvalue weighted by Gasteiger charge is -2.11. The largest absolute Gasteiger partial charge is 0.497 e. The Labute approximate surface area is 118 Å². The van der Waals surface area contributed by atoms with Crippen molar-refractivity contribution in [1.29, 1.82) is 0 Å². The minimum atomic E-state index is -2.74. The van der Waals surface area contributed by atoms with Crippen LogP contribution in [0.2, 0.25) is 0 Å². The molecule has 1 N–H and O–H groups in total. The lowest BCUT2D eigenvalue weighted by Crippen LogP contribution is -2.09. The highest BCUT2D eigenvalue weighted by Gasteiger charge is 2.15. The second-order valence-electron chi connectivity index (χ2n) is 3.98. The van der Waals surface area contributed by atoms with Gasteiger partial charge >= 0.3 is 12.5 Å². The molecule has 1 heterocycles. The summed E-state index contributed by atoms with van der Waals surface area (Å²) in [6.07, 6.45) is 2.33. The fourth-order valence-electron chi connectivity index (χ4n) is 1.70. The maximum absolute atomic E-state index is 12.7. The van der Waals surface area contributed by atoms with E-state index < -0.39 is 12.5 Å². The summed E-state index contributed by atoms with van der Waals surface area (Å²) >= 11 is 0. The Bertz CT molecular complexity index is 643. The van der Waals surface area contributed by atoms with Crippen LogP contribution in [0.15, 0.2) is 30.6 Å². The number of carboxylic acid groups (broad SMARTS) is 1. The third-order valence-corrected chi connectivity index (χ3v) is 2.74. The van der Waals surface area contributed by atoms with Gasteiger partial charge in [0.1, 0.15) is 23.7 Å². The molecule has 0 spiro atoms. The van der Waals surface area contributed by atoms with Crippen molar-refractivity contribution in [2.24, 2.45) is 0 Å². The van der Waals surface area contributed by atoms with Gasteiger partial charge in [0, 0.05) is 18.5 Å². The predicted octanol–water partition coefficient (Wildman–Crippen LogP) is 2.56. The summed E-state index contributed by atoms with van der Waals surface area (Å²) in [5, 5.41) is 9.07. The average molecular weight is 298 g/mol. The zero-order chi connectivity index (χ0) is 15.4. The number of halogens is 2. The topological polar surface area (TPSA) is 73.6 Å². The number of alkyl halides is 2. The van der Waals surface area contributed by atoms with Gasteiger partial charge in [-0.2, -0.15) is 8.78 Å². The molecule has 0 aliphatic rings. The average Bonchev–Trinajstić information content (AvgIpc) is 2.93. The Balaban J connectivity index is 2.22. The molecule has 0 radical (unpaired) electrons. The first-order valence-corrected chi connectivity index (χ1v) is 5.87. The van der Waals surface area contributed by atoms with Crippen LogP contribution in [0.25, 0.3) is 0 Å². The van der Waals surface area contributed by atoms with Gasteiger partial charge in [0.25, 0.3) is 0 Å². The maximum atomic E-state index is 12.7. The molecule has 0 saturated heterocycles. The normalized spacial score (nSPS) is 10.7. The first kappa shape index (κ1) is 14.8. The van der Waals surface area contributed by atoms with Gasteiger partial charge in [-0.3, -0.25) is 4.57 Å².